The van der Waals surface area contributed by atoms with Gasteiger partial charge in [-0.1, -0.05) is 18.2 Å². The summed E-state index contributed by atoms with van der Waals surface area (Å²) in [5.74, 6) is 0.430. The van der Waals surface area contributed by atoms with Gasteiger partial charge in [-0.3, -0.25) is 14.7 Å². The number of amidine groups is 1. The first-order chi connectivity index (χ1) is 21.5. The minimum absolute atomic E-state index is 0.107. The van der Waals surface area contributed by atoms with E-state index in [9.17, 15) is 14.7 Å². The number of H-pyrrole nitrogens is 2. The van der Waals surface area contributed by atoms with Crippen molar-refractivity contribution in [1.29, 1.82) is 0 Å². The van der Waals surface area contributed by atoms with E-state index >= 15 is 0 Å². The van der Waals surface area contributed by atoms with Crippen molar-refractivity contribution in [2.75, 3.05) is 70.5 Å². The van der Waals surface area contributed by atoms with E-state index in [1.54, 1.807) is 18.2 Å². The van der Waals surface area contributed by atoms with Crippen molar-refractivity contribution in [3.63, 3.8) is 0 Å². The summed E-state index contributed by atoms with van der Waals surface area (Å²) in [6, 6.07) is 14.0. The number of rotatable bonds is 11. The van der Waals surface area contributed by atoms with E-state index in [0.717, 1.165) is 70.0 Å². The van der Waals surface area contributed by atoms with Crippen LogP contribution in [-0.2, 0) is 9.53 Å². The molecule has 3 fully saturated rings. The number of piperidine rings is 1. The number of aromatic amines is 2. The highest BCUT2D eigenvalue weighted by atomic mass is 32.2. The van der Waals surface area contributed by atoms with Crippen molar-refractivity contribution in [2.45, 2.75) is 25.0 Å². The van der Waals surface area contributed by atoms with Gasteiger partial charge < -0.3 is 40.1 Å². The smallest absolute Gasteiger partial charge is 0.323 e. The zero-order valence-corrected chi connectivity index (χ0v) is 25.4. The molecule has 1 aromatic heterocycles. The molecule has 1 amide bonds. The molecule has 6 rings (SSSR count). The molecule has 2 aromatic carbocycles. The van der Waals surface area contributed by atoms with Gasteiger partial charge in [0.05, 0.1) is 30.2 Å². The molecular formula is C31H39N7O5S. The summed E-state index contributed by atoms with van der Waals surface area (Å²) in [7, 11) is 0. The van der Waals surface area contributed by atoms with Crippen LogP contribution in [0.3, 0.4) is 0 Å². The molecule has 3 aromatic rings. The van der Waals surface area contributed by atoms with E-state index in [-0.39, 0.29) is 18.2 Å². The van der Waals surface area contributed by atoms with Gasteiger partial charge in [-0.2, -0.15) is 0 Å². The summed E-state index contributed by atoms with van der Waals surface area (Å²) >= 11 is 1.39. The number of ether oxygens (including phenoxy) is 2. The Bertz CT molecular complexity index is 1540. The van der Waals surface area contributed by atoms with Gasteiger partial charge in [0.25, 0.3) is 5.91 Å². The molecule has 0 spiro atoms. The fourth-order valence-corrected chi connectivity index (χ4v) is 6.44. The summed E-state index contributed by atoms with van der Waals surface area (Å²) in [5.41, 5.74) is 3.13. The van der Waals surface area contributed by atoms with Crippen LogP contribution in [-0.4, -0.2) is 109 Å². The van der Waals surface area contributed by atoms with Crippen molar-refractivity contribution < 1.29 is 19.4 Å². The normalized spacial score (nSPS) is 20.9. The van der Waals surface area contributed by atoms with E-state index in [1.807, 2.05) is 18.2 Å². The zero-order chi connectivity index (χ0) is 30.3. The number of imidazole rings is 1. The Morgan fingerprint density at radius 3 is 2.68 bits per heavy atom. The van der Waals surface area contributed by atoms with Gasteiger partial charge in [-0.15, -0.1) is 0 Å². The number of anilines is 1. The molecule has 13 heteroatoms. The first kappa shape index (κ1) is 30.4. The number of fused-ring (bicyclic) bond motifs is 1. The Hall–Kier alpha value is -3.62. The van der Waals surface area contributed by atoms with Crippen LogP contribution < -0.4 is 26.0 Å². The number of amides is 1. The molecule has 1 atom stereocenters. The third kappa shape index (κ3) is 7.90. The summed E-state index contributed by atoms with van der Waals surface area (Å²) < 4.78 is 11.2. The largest absolute Gasteiger partial charge is 0.489 e. The number of aromatic nitrogens is 2. The molecule has 0 bridgehead atoms. The monoisotopic (exact) mass is 621 g/mol. The number of benzene rings is 2. The number of nitrogens with zero attached hydrogens (tertiary/aromatic N) is 3. The Morgan fingerprint density at radius 2 is 1.89 bits per heavy atom. The van der Waals surface area contributed by atoms with Crippen LogP contribution in [0.4, 0.5) is 5.69 Å². The maximum atomic E-state index is 12.5. The number of hydrogen-bond donors (Lipinski definition) is 5. The number of aliphatic hydroxyl groups excluding tert-OH is 1. The Labute approximate surface area is 259 Å². The van der Waals surface area contributed by atoms with Gasteiger partial charge in [0, 0.05) is 51.0 Å². The minimum Gasteiger partial charge on any atom is -0.489 e. The Balaban J connectivity index is 0.919. The van der Waals surface area contributed by atoms with Gasteiger partial charge in [0.2, 0.25) is 0 Å². The molecule has 0 saturated carbocycles. The molecular weight excluding hydrogens is 582 g/mol. The third-order valence-electron chi connectivity index (χ3n) is 8.06. The maximum absolute atomic E-state index is 12.5. The Morgan fingerprint density at radius 1 is 1.09 bits per heavy atom. The lowest BCUT2D eigenvalue weighted by atomic mass is 10.0. The number of morpholine rings is 1. The van der Waals surface area contributed by atoms with Crippen molar-refractivity contribution in [2.24, 2.45) is 4.99 Å². The molecule has 4 heterocycles. The van der Waals surface area contributed by atoms with Gasteiger partial charge in [-0.05, 0) is 60.5 Å². The molecule has 0 radical (unpaired) electrons. The molecule has 44 heavy (non-hydrogen) atoms. The van der Waals surface area contributed by atoms with E-state index in [0.29, 0.717) is 46.0 Å². The van der Waals surface area contributed by atoms with Gasteiger partial charge >= 0.3 is 5.69 Å². The number of para-hydroxylation sites is 1. The number of carbonyl (C=O) groups is 1. The molecule has 3 saturated heterocycles. The SMILES string of the molecule is O=C1NC(=NCCN2CCOCC2)SC1=Cc1ccc(N2CCC(NC[C@@H](O)COc3cccc4[nH]c(=O)[nH]c34)CC2)cc1. The molecule has 12 nitrogen and oxygen atoms in total. The first-order valence-corrected chi connectivity index (χ1v) is 16.0. The number of aliphatic hydroxyl groups is 1. The van der Waals surface area contributed by atoms with Crippen molar-refractivity contribution in [3.8, 4) is 5.75 Å². The van der Waals surface area contributed by atoms with Crippen molar-refractivity contribution in [1.82, 2.24) is 25.5 Å². The van der Waals surface area contributed by atoms with Crippen LogP contribution in [0.1, 0.15) is 18.4 Å². The molecule has 0 aliphatic carbocycles. The summed E-state index contributed by atoms with van der Waals surface area (Å²) in [6.45, 7) is 7.30. The fraction of sp³-hybridized carbons (Fsp3) is 0.452. The van der Waals surface area contributed by atoms with Crippen LogP contribution in [0.5, 0.6) is 5.75 Å². The van der Waals surface area contributed by atoms with E-state index in [2.05, 4.69) is 47.5 Å². The van der Waals surface area contributed by atoms with E-state index in [4.69, 9.17) is 9.47 Å². The van der Waals surface area contributed by atoms with Crippen LogP contribution in [0.15, 0.2) is 57.2 Å². The Kier molecular flexibility index (Phi) is 9.98. The molecule has 0 unspecified atom stereocenters. The van der Waals surface area contributed by atoms with Crippen LogP contribution >= 0.6 is 11.8 Å². The lowest BCUT2D eigenvalue weighted by Gasteiger charge is -2.34. The topological polar surface area (TPSA) is 147 Å². The zero-order valence-electron chi connectivity index (χ0n) is 24.6. The lowest BCUT2D eigenvalue weighted by Crippen LogP contribution is -2.45. The first-order valence-electron chi connectivity index (χ1n) is 15.2. The second-order valence-electron chi connectivity index (χ2n) is 11.2. The molecule has 3 aliphatic rings. The van der Waals surface area contributed by atoms with Gasteiger partial charge in [0.1, 0.15) is 24.0 Å². The standard InChI is InChI=1S/C31H39N7O5S/c39-24(20-43-26-3-1-2-25-28(26)35-30(41)34-25)19-33-22-8-11-38(12-9-22)23-6-4-21(5-7-23)18-27-29(40)36-31(44-27)32-10-13-37-14-16-42-17-15-37/h1-7,18,22,24,33,39H,8-17,19-20H2,(H,32,36,40)(H2,34,35,41)/t24-/m1/s1. The lowest BCUT2D eigenvalue weighted by molar-refractivity contribution is -0.115. The van der Waals surface area contributed by atoms with Gasteiger partial charge in [-0.25, -0.2) is 4.79 Å². The molecule has 234 valence electrons. The predicted molar refractivity (Wildman–Crippen MR) is 173 cm³/mol. The highest BCUT2D eigenvalue weighted by molar-refractivity contribution is 8.18. The molecule has 3 aliphatic heterocycles. The van der Waals surface area contributed by atoms with Crippen molar-refractivity contribution in [3.05, 3.63) is 63.4 Å². The number of thioether (sulfide) groups is 1. The van der Waals surface area contributed by atoms with E-state index in [1.165, 1.54) is 11.8 Å². The predicted octanol–water partition coefficient (Wildman–Crippen LogP) is 1.75. The van der Waals surface area contributed by atoms with Crippen molar-refractivity contribution >= 4 is 45.6 Å². The summed E-state index contributed by atoms with van der Waals surface area (Å²) in [6.07, 6.45) is 3.17. The highest BCUT2D eigenvalue weighted by Crippen LogP contribution is 2.27. The number of carbonyl (C=O) groups excluding carboxylic acids is 1. The third-order valence-corrected chi connectivity index (χ3v) is 9.01. The average Bonchev–Trinajstić information content (AvgIpc) is 3.60. The second-order valence-corrected chi connectivity index (χ2v) is 12.2. The van der Waals surface area contributed by atoms with Crippen LogP contribution in [0.25, 0.3) is 17.1 Å². The molecule has 5 N–H and O–H groups in total. The highest BCUT2D eigenvalue weighted by Gasteiger charge is 2.24. The minimum atomic E-state index is -0.673. The number of hydrogen-bond acceptors (Lipinski definition) is 10. The maximum Gasteiger partial charge on any atom is 0.323 e. The van der Waals surface area contributed by atoms with Gasteiger partial charge in [0.15, 0.2) is 5.17 Å². The second kappa shape index (κ2) is 14.4. The number of aliphatic imine (C=N–C) groups is 1. The fourth-order valence-electron chi connectivity index (χ4n) is 5.59. The summed E-state index contributed by atoms with van der Waals surface area (Å²) in [4.78, 5) is 39.4. The quantitative estimate of drug-likeness (QED) is 0.202. The average molecular weight is 622 g/mol. The number of nitrogens with one attached hydrogen (secondary N) is 4. The summed E-state index contributed by atoms with van der Waals surface area (Å²) in [5, 5.41) is 17.5. The van der Waals surface area contributed by atoms with Crippen LogP contribution in [0, 0.1) is 0 Å². The van der Waals surface area contributed by atoms with Crippen LogP contribution in [0.2, 0.25) is 0 Å². The van der Waals surface area contributed by atoms with E-state index < -0.39 is 6.10 Å².